The van der Waals surface area contributed by atoms with Gasteiger partial charge in [-0.2, -0.15) is 5.10 Å². The van der Waals surface area contributed by atoms with E-state index in [1.165, 1.54) is 12.3 Å². The van der Waals surface area contributed by atoms with Crippen LogP contribution in [0.5, 0.6) is 5.75 Å². The van der Waals surface area contributed by atoms with E-state index in [0.29, 0.717) is 27.5 Å². The predicted octanol–water partition coefficient (Wildman–Crippen LogP) is 5.83. The first-order chi connectivity index (χ1) is 15.0. The van der Waals surface area contributed by atoms with Crippen LogP contribution < -0.4 is 10.2 Å². The summed E-state index contributed by atoms with van der Waals surface area (Å²) in [5.41, 5.74) is 4.10. The van der Waals surface area contributed by atoms with E-state index in [9.17, 15) is 9.59 Å². The van der Waals surface area contributed by atoms with Crippen LogP contribution >= 0.6 is 27.5 Å². The van der Waals surface area contributed by atoms with Crippen molar-refractivity contribution >= 4 is 56.6 Å². The van der Waals surface area contributed by atoms with Gasteiger partial charge in [0.05, 0.1) is 11.8 Å². The predicted molar refractivity (Wildman–Crippen MR) is 122 cm³/mol. The molecule has 4 rings (SSSR count). The average molecular weight is 498 g/mol. The van der Waals surface area contributed by atoms with Gasteiger partial charge in [0, 0.05) is 14.9 Å². The van der Waals surface area contributed by atoms with Crippen LogP contribution in [0.3, 0.4) is 0 Å². The molecular formula is C23H14BrClN2O4. The number of nitrogens with one attached hydrogen (secondary N) is 1. The topological polar surface area (TPSA) is 80.9 Å². The van der Waals surface area contributed by atoms with E-state index in [1.54, 1.807) is 54.6 Å². The number of amides is 1. The van der Waals surface area contributed by atoms with Crippen LogP contribution in [0.25, 0.3) is 11.0 Å². The highest BCUT2D eigenvalue weighted by Gasteiger charge is 2.12. The number of benzene rings is 3. The van der Waals surface area contributed by atoms with Gasteiger partial charge in [-0.15, -0.1) is 0 Å². The highest BCUT2D eigenvalue weighted by atomic mass is 79.9. The van der Waals surface area contributed by atoms with Crippen molar-refractivity contribution in [3.63, 3.8) is 0 Å². The fourth-order valence-corrected chi connectivity index (χ4v) is 3.32. The van der Waals surface area contributed by atoms with Crippen molar-refractivity contribution in [3.8, 4) is 5.75 Å². The van der Waals surface area contributed by atoms with Crippen LogP contribution in [0.4, 0.5) is 0 Å². The molecule has 0 aliphatic rings. The van der Waals surface area contributed by atoms with Gasteiger partial charge in [-0.25, -0.2) is 10.2 Å². The zero-order valence-electron chi connectivity index (χ0n) is 15.8. The molecule has 8 heteroatoms. The van der Waals surface area contributed by atoms with Gasteiger partial charge in [0.1, 0.15) is 11.3 Å². The van der Waals surface area contributed by atoms with Crippen LogP contribution in [0, 0.1) is 0 Å². The number of carbonyl (C=O) groups is 2. The molecule has 0 spiro atoms. The van der Waals surface area contributed by atoms with Gasteiger partial charge in [-0.1, -0.05) is 33.6 Å². The summed E-state index contributed by atoms with van der Waals surface area (Å²) in [5.74, 6) is -0.433. The van der Waals surface area contributed by atoms with Gasteiger partial charge >= 0.3 is 11.9 Å². The lowest BCUT2D eigenvalue weighted by Gasteiger charge is -2.05. The van der Waals surface area contributed by atoms with Crippen molar-refractivity contribution in [3.05, 3.63) is 99.2 Å². The lowest BCUT2D eigenvalue weighted by molar-refractivity contribution is 0.0734. The third-order valence-corrected chi connectivity index (χ3v) is 4.96. The summed E-state index contributed by atoms with van der Waals surface area (Å²) in [6, 6.07) is 20.3. The molecule has 0 fully saturated rings. The SMILES string of the molecule is O=C(Oc1ccc(C=NNC(=O)c2cc3cc(Br)ccc3o2)cc1)c1cccc(Cl)c1. The maximum absolute atomic E-state index is 12.2. The van der Waals surface area contributed by atoms with E-state index < -0.39 is 11.9 Å². The van der Waals surface area contributed by atoms with Gasteiger partial charge in [-0.3, -0.25) is 4.79 Å². The molecule has 0 aliphatic carbocycles. The molecule has 1 amide bonds. The maximum Gasteiger partial charge on any atom is 0.343 e. The van der Waals surface area contributed by atoms with Gasteiger partial charge in [0.15, 0.2) is 5.76 Å². The fraction of sp³-hybridized carbons (Fsp3) is 0. The van der Waals surface area contributed by atoms with Crippen molar-refractivity contribution in [1.82, 2.24) is 5.43 Å². The Hall–Kier alpha value is -3.42. The van der Waals surface area contributed by atoms with Crippen molar-refractivity contribution < 1.29 is 18.7 Å². The number of hydrazone groups is 1. The molecule has 0 radical (unpaired) electrons. The minimum absolute atomic E-state index is 0.161. The molecule has 1 aromatic heterocycles. The molecule has 0 unspecified atom stereocenters. The first-order valence-electron chi connectivity index (χ1n) is 9.08. The minimum atomic E-state index is -0.506. The molecule has 31 heavy (non-hydrogen) atoms. The quantitative estimate of drug-likeness (QED) is 0.163. The van der Waals surface area contributed by atoms with Gasteiger partial charge in [0.2, 0.25) is 0 Å². The third-order valence-electron chi connectivity index (χ3n) is 4.23. The number of hydrogen-bond donors (Lipinski definition) is 1. The standard InChI is InChI=1S/C23H14BrClN2O4/c24-17-6-9-20-16(10-17)12-21(31-20)22(28)27-26-13-14-4-7-19(8-5-14)30-23(29)15-2-1-3-18(25)11-15/h1-13H,(H,27,28). The Morgan fingerprint density at radius 2 is 1.84 bits per heavy atom. The number of nitrogens with zero attached hydrogens (tertiary/aromatic N) is 1. The first kappa shape index (κ1) is 20.8. The average Bonchev–Trinajstić information content (AvgIpc) is 3.18. The molecule has 0 aliphatic heterocycles. The van der Waals surface area contributed by atoms with Gasteiger partial charge in [-0.05, 0) is 72.3 Å². The summed E-state index contributed by atoms with van der Waals surface area (Å²) in [6.07, 6.45) is 1.47. The van der Waals surface area contributed by atoms with E-state index in [2.05, 4.69) is 26.5 Å². The zero-order chi connectivity index (χ0) is 21.8. The van der Waals surface area contributed by atoms with Gasteiger partial charge in [0.25, 0.3) is 0 Å². The molecule has 0 saturated carbocycles. The highest BCUT2D eigenvalue weighted by molar-refractivity contribution is 9.10. The lowest BCUT2D eigenvalue weighted by Crippen LogP contribution is -2.16. The van der Waals surface area contributed by atoms with Crippen molar-refractivity contribution in [2.45, 2.75) is 0 Å². The molecule has 1 N–H and O–H groups in total. The number of carbonyl (C=O) groups excluding carboxylic acids is 2. The number of halogens is 2. The molecule has 3 aromatic carbocycles. The summed E-state index contributed by atoms with van der Waals surface area (Å²) in [7, 11) is 0. The molecule has 6 nitrogen and oxygen atoms in total. The number of ether oxygens (including phenoxy) is 1. The van der Waals surface area contributed by atoms with E-state index in [4.69, 9.17) is 20.8 Å². The van der Waals surface area contributed by atoms with Crippen molar-refractivity contribution in [2.24, 2.45) is 5.10 Å². The van der Waals surface area contributed by atoms with Crippen LogP contribution in [0.2, 0.25) is 5.02 Å². The van der Waals surface area contributed by atoms with Crippen LogP contribution in [-0.4, -0.2) is 18.1 Å². The molecule has 0 atom stereocenters. The summed E-state index contributed by atoms with van der Waals surface area (Å²) in [4.78, 5) is 24.4. The van der Waals surface area contributed by atoms with Crippen LogP contribution in [0.15, 0.2) is 86.8 Å². The monoisotopic (exact) mass is 496 g/mol. The summed E-state index contributed by atoms with van der Waals surface area (Å²) in [5, 5.41) is 5.21. The number of hydrogen-bond acceptors (Lipinski definition) is 5. The third kappa shape index (κ3) is 5.20. The number of furan rings is 1. The molecular weight excluding hydrogens is 484 g/mol. The second kappa shape index (κ2) is 9.16. The fourth-order valence-electron chi connectivity index (χ4n) is 2.75. The summed E-state index contributed by atoms with van der Waals surface area (Å²) in [6.45, 7) is 0. The molecule has 0 saturated heterocycles. The second-order valence-corrected chi connectivity index (χ2v) is 7.81. The van der Waals surface area contributed by atoms with Crippen LogP contribution in [-0.2, 0) is 0 Å². The van der Waals surface area contributed by atoms with Crippen molar-refractivity contribution in [2.75, 3.05) is 0 Å². The molecule has 4 aromatic rings. The number of fused-ring (bicyclic) bond motifs is 1. The number of esters is 1. The zero-order valence-corrected chi connectivity index (χ0v) is 18.2. The Morgan fingerprint density at radius 3 is 2.61 bits per heavy atom. The van der Waals surface area contributed by atoms with E-state index >= 15 is 0 Å². The van der Waals surface area contributed by atoms with Crippen molar-refractivity contribution in [1.29, 1.82) is 0 Å². The Labute approximate surface area is 190 Å². The second-order valence-electron chi connectivity index (χ2n) is 6.46. The maximum atomic E-state index is 12.2. The van der Waals surface area contributed by atoms with Crippen LogP contribution in [0.1, 0.15) is 26.5 Å². The number of rotatable bonds is 5. The summed E-state index contributed by atoms with van der Waals surface area (Å²) >= 11 is 9.27. The summed E-state index contributed by atoms with van der Waals surface area (Å²) < 4.78 is 11.7. The normalized spacial score (nSPS) is 11.0. The first-order valence-corrected chi connectivity index (χ1v) is 10.3. The van der Waals surface area contributed by atoms with E-state index in [1.807, 2.05) is 12.1 Å². The van der Waals surface area contributed by atoms with E-state index in [-0.39, 0.29) is 5.76 Å². The Morgan fingerprint density at radius 1 is 1.03 bits per heavy atom. The Balaban J connectivity index is 1.35. The Kier molecular flexibility index (Phi) is 6.16. The van der Waals surface area contributed by atoms with Gasteiger partial charge < -0.3 is 9.15 Å². The lowest BCUT2D eigenvalue weighted by atomic mass is 10.2. The highest BCUT2D eigenvalue weighted by Crippen LogP contribution is 2.23. The van der Waals surface area contributed by atoms with E-state index in [0.717, 1.165) is 9.86 Å². The molecule has 154 valence electrons. The largest absolute Gasteiger partial charge is 0.451 e. The molecule has 1 heterocycles. The Bertz CT molecular complexity index is 1300. The smallest absolute Gasteiger partial charge is 0.343 e. The minimum Gasteiger partial charge on any atom is -0.451 e. The molecule has 0 bridgehead atoms.